The molecular formula is C15H20N4O2. The SMILES string of the molecule is COCCOc1ccc2ncnc(N3CCNCC3)c2c1. The molecule has 0 spiro atoms. The summed E-state index contributed by atoms with van der Waals surface area (Å²) in [6.45, 7) is 5.00. The van der Waals surface area contributed by atoms with Gasteiger partial charge in [0.05, 0.1) is 12.1 Å². The topological polar surface area (TPSA) is 59.5 Å². The molecule has 1 aliphatic rings. The highest BCUT2D eigenvalue weighted by Crippen LogP contribution is 2.27. The molecule has 0 amide bonds. The van der Waals surface area contributed by atoms with Crippen molar-refractivity contribution in [2.45, 2.75) is 0 Å². The maximum absolute atomic E-state index is 5.69. The number of hydrogen-bond donors (Lipinski definition) is 1. The van der Waals surface area contributed by atoms with E-state index in [0.717, 1.165) is 48.6 Å². The van der Waals surface area contributed by atoms with Crippen molar-refractivity contribution in [1.82, 2.24) is 15.3 Å². The van der Waals surface area contributed by atoms with Gasteiger partial charge >= 0.3 is 0 Å². The van der Waals surface area contributed by atoms with Crippen molar-refractivity contribution in [1.29, 1.82) is 0 Å². The van der Waals surface area contributed by atoms with E-state index < -0.39 is 0 Å². The molecule has 21 heavy (non-hydrogen) atoms. The number of hydrogen-bond acceptors (Lipinski definition) is 6. The molecular weight excluding hydrogens is 268 g/mol. The Balaban J connectivity index is 1.89. The summed E-state index contributed by atoms with van der Waals surface area (Å²) in [5.74, 6) is 1.81. The largest absolute Gasteiger partial charge is 0.491 e. The van der Waals surface area contributed by atoms with Crippen molar-refractivity contribution >= 4 is 16.7 Å². The van der Waals surface area contributed by atoms with Crippen LogP contribution in [-0.4, -0.2) is 56.5 Å². The Hall–Kier alpha value is -1.92. The number of piperazine rings is 1. The van der Waals surface area contributed by atoms with Gasteiger partial charge in [0.2, 0.25) is 0 Å². The number of aromatic nitrogens is 2. The lowest BCUT2D eigenvalue weighted by Gasteiger charge is -2.29. The van der Waals surface area contributed by atoms with Gasteiger partial charge in [-0.05, 0) is 18.2 Å². The molecule has 1 fully saturated rings. The fourth-order valence-electron chi connectivity index (χ4n) is 2.48. The molecule has 6 nitrogen and oxygen atoms in total. The Morgan fingerprint density at radius 1 is 1.19 bits per heavy atom. The molecule has 6 heteroatoms. The Labute approximate surface area is 124 Å². The van der Waals surface area contributed by atoms with E-state index in [1.807, 2.05) is 18.2 Å². The number of rotatable bonds is 5. The second-order valence-corrected chi connectivity index (χ2v) is 4.95. The monoisotopic (exact) mass is 288 g/mol. The Bertz CT molecular complexity index is 599. The molecule has 1 N–H and O–H groups in total. The Morgan fingerprint density at radius 3 is 2.86 bits per heavy atom. The third-order valence-corrected chi connectivity index (χ3v) is 3.56. The van der Waals surface area contributed by atoms with Gasteiger partial charge in [-0.25, -0.2) is 9.97 Å². The Morgan fingerprint density at radius 2 is 2.05 bits per heavy atom. The predicted octanol–water partition coefficient (Wildman–Crippen LogP) is 1.06. The van der Waals surface area contributed by atoms with Gasteiger partial charge in [0, 0.05) is 38.7 Å². The molecule has 0 unspecified atom stereocenters. The summed E-state index contributed by atoms with van der Waals surface area (Å²) in [5.41, 5.74) is 0.942. The second-order valence-electron chi connectivity index (χ2n) is 4.95. The number of nitrogens with zero attached hydrogens (tertiary/aromatic N) is 3. The molecule has 3 rings (SSSR count). The predicted molar refractivity (Wildman–Crippen MR) is 82.0 cm³/mol. The van der Waals surface area contributed by atoms with Crippen LogP contribution in [0, 0.1) is 0 Å². The van der Waals surface area contributed by atoms with E-state index in [4.69, 9.17) is 9.47 Å². The van der Waals surface area contributed by atoms with Crippen LogP contribution in [0.15, 0.2) is 24.5 Å². The molecule has 2 heterocycles. The first-order chi connectivity index (χ1) is 10.4. The van der Waals surface area contributed by atoms with Crippen LogP contribution in [0.3, 0.4) is 0 Å². The minimum Gasteiger partial charge on any atom is -0.491 e. The maximum atomic E-state index is 5.69. The normalized spacial score (nSPS) is 15.4. The van der Waals surface area contributed by atoms with Crippen molar-refractivity contribution in [3.05, 3.63) is 24.5 Å². The smallest absolute Gasteiger partial charge is 0.140 e. The molecule has 0 saturated carbocycles. The van der Waals surface area contributed by atoms with E-state index in [0.29, 0.717) is 13.2 Å². The van der Waals surface area contributed by atoms with Gasteiger partial charge in [-0.1, -0.05) is 0 Å². The number of ether oxygens (including phenoxy) is 2. The molecule has 1 saturated heterocycles. The zero-order valence-corrected chi connectivity index (χ0v) is 12.2. The summed E-state index contributed by atoms with van der Waals surface area (Å²) in [4.78, 5) is 11.1. The van der Waals surface area contributed by atoms with E-state index in [1.165, 1.54) is 0 Å². The third-order valence-electron chi connectivity index (χ3n) is 3.56. The van der Waals surface area contributed by atoms with Crippen molar-refractivity contribution in [2.75, 3.05) is 51.4 Å². The second kappa shape index (κ2) is 6.69. The average Bonchev–Trinajstić information content (AvgIpc) is 2.55. The highest BCUT2D eigenvalue weighted by molar-refractivity contribution is 5.90. The summed E-state index contributed by atoms with van der Waals surface area (Å²) in [6, 6.07) is 5.93. The first-order valence-corrected chi connectivity index (χ1v) is 7.20. The first-order valence-electron chi connectivity index (χ1n) is 7.20. The van der Waals surface area contributed by atoms with Gasteiger partial charge in [0.1, 0.15) is 24.5 Å². The lowest BCUT2D eigenvalue weighted by atomic mass is 10.2. The molecule has 0 atom stereocenters. The summed E-state index contributed by atoms with van der Waals surface area (Å²) >= 11 is 0. The molecule has 1 aromatic carbocycles. The quantitative estimate of drug-likeness (QED) is 0.830. The van der Waals surface area contributed by atoms with E-state index in [2.05, 4.69) is 20.2 Å². The fraction of sp³-hybridized carbons (Fsp3) is 0.467. The maximum Gasteiger partial charge on any atom is 0.140 e. The fourth-order valence-corrected chi connectivity index (χ4v) is 2.48. The molecule has 1 aliphatic heterocycles. The van der Waals surface area contributed by atoms with Crippen LogP contribution in [0.1, 0.15) is 0 Å². The molecule has 1 aromatic heterocycles. The number of methoxy groups -OCH3 is 1. The highest BCUT2D eigenvalue weighted by Gasteiger charge is 2.15. The van der Waals surface area contributed by atoms with Crippen molar-refractivity contribution in [2.24, 2.45) is 0 Å². The number of anilines is 1. The zero-order valence-electron chi connectivity index (χ0n) is 12.2. The summed E-state index contributed by atoms with van der Waals surface area (Å²) in [6.07, 6.45) is 1.63. The third kappa shape index (κ3) is 3.22. The van der Waals surface area contributed by atoms with Crippen LogP contribution in [0.5, 0.6) is 5.75 Å². The lowest BCUT2D eigenvalue weighted by Crippen LogP contribution is -2.44. The van der Waals surface area contributed by atoms with E-state index in [1.54, 1.807) is 13.4 Å². The van der Waals surface area contributed by atoms with Crippen LogP contribution in [0.25, 0.3) is 10.9 Å². The van der Waals surface area contributed by atoms with Crippen LogP contribution in [0.2, 0.25) is 0 Å². The zero-order chi connectivity index (χ0) is 14.5. The van der Waals surface area contributed by atoms with Crippen molar-refractivity contribution < 1.29 is 9.47 Å². The van der Waals surface area contributed by atoms with Crippen molar-refractivity contribution in [3.63, 3.8) is 0 Å². The van der Waals surface area contributed by atoms with Crippen LogP contribution in [-0.2, 0) is 4.74 Å². The van der Waals surface area contributed by atoms with Crippen LogP contribution in [0.4, 0.5) is 5.82 Å². The summed E-state index contributed by atoms with van der Waals surface area (Å²) < 4.78 is 10.7. The summed E-state index contributed by atoms with van der Waals surface area (Å²) in [7, 11) is 1.67. The minimum absolute atomic E-state index is 0.540. The molecule has 2 aromatic rings. The Kier molecular flexibility index (Phi) is 4.47. The lowest BCUT2D eigenvalue weighted by molar-refractivity contribution is 0.146. The average molecular weight is 288 g/mol. The molecule has 0 aliphatic carbocycles. The van der Waals surface area contributed by atoms with E-state index >= 15 is 0 Å². The minimum atomic E-state index is 0.540. The standard InChI is InChI=1S/C15H20N4O2/c1-20-8-9-21-12-2-3-14-13(10-12)15(18-11-17-14)19-6-4-16-5-7-19/h2-3,10-11,16H,4-9H2,1H3. The van der Waals surface area contributed by atoms with Gasteiger partial charge in [0.25, 0.3) is 0 Å². The van der Waals surface area contributed by atoms with E-state index in [-0.39, 0.29) is 0 Å². The molecule has 112 valence electrons. The number of nitrogens with one attached hydrogen (secondary N) is 1. The van der Waals surface area contributed by atoms with Gasteiger partial charge in [-0.15, -0.1) is 0 Å². The van der Waals surface area contributed by atoms with Gasteiger partial charge in [-0.3, -0.25) is 0 Å². The van der Waals surface area contributed by atoms with Crippen LogP contribution < -0.4 is 15.0 Å². The first kappa shape index (κ1) is 14.0. The van der Waals surface area contributed by atoms with Gasteiger partial charge in [0.15, 0.2) is 0 Å². The van der Waals surface area contributed by atoms with Gasteiger partial charge < -0.3 is 19.7 Å². The summed E-state index contributed by atoms with van der Waals surface area (Å²) in [5, 5.41) is 4.39. The van der Waals surface area contributed by atoms with E-state index in [9.17, 15) is 0 Å². The molecule has 0 bridgehead atoms. The number of benzene rings is 1. The molecule has 0 radical (unpaired) electrons. The van der Waals surface area contributed by atoms with Gasteiger partial charge in [-0.2, -0.15) is 0 Å². The van der Waals surface area contributed by atoms with Crippen LogP contribution >= 0.6 is 0 Å². The highest BCUT2D eigenvalue weighted by atomic mass is 16.5. The van der Waals surface area contributed by atoms with Crippen molar-refractivity contribution in [3.8, 4) is 5.75 Å². The number of fused-ring (bicyclic) bond motifs is 1.